The second-order valence-corrected chi connectivity index (χ2v) is 7.92. The average Bonchev–Trinajstić information content (AvgIpc) is 3.14. The van der Waals surface area contributed by atoms with Crippen LogP contribution >= 0.6 is 0 Å². The van der Waals surface area contributed by atoms with Gasteiger partial charge in [-0.15, -0.1) is 0 Å². The number of fused-ring (bicyclic) bond motifs is 1. The van der Waals surface area contributed by atoms with Gasteiger partial charge in [0.2, 0.25) is 5.91 Å². The Kier molecular flexibility index (Phi) is 8.95. The van der Waals surface area contributed by atoms with Crippen molar-refractivity contribution >= 4 is 16.9 Å². The molecule has 0 saturated carbocycles. The molecule has 0 aliphatic carbocycles. The van der Waals surface area contributed by atoms with Crippen molar-refractivity contribution in [2.24, 2.45) is 0 Å². The summed E-state index contributed by atoms with van der Waals surface area (Å²) in [5.41, 5.74) is 3.52. The molecule has 1 heterocycles. The van der Waals surface area contributed by atoms with Crippen molar-refractivity contribution in [2.75, 3.05) is 13.2 Å². The first kappa shape index (κ1) is 22.9. The van der Waals surface area contributed by atoms with E-state index in [4.69, 9.17) is 9.72 Å². The maximum absolute atomic E-state index is 11.5. The molecular weight excluding hydrogens is 386 g/mol. The monoisotopic (exact) mass is 421 g/mol. The quantitative estimate of drug-likeness (QED) is 0.381. The maximum Gasteiger partial charge on any atom is 0.219 e. The predicted molar refractivity (Wildman–Crippen MR) is 127 cm³/mol. The highest BCUT2D eigenvalue weighted by molar-refractivity contribution is 5.76. The highest BCUT2D eigenvalue weighted by atomic mass is 16.5. The number of aromatic nitrogens is 2. The van der Waals surface area contributed by atoms with Crippen molar-refractivity contribution in [3.63, 3.8) is 0 Å². The molecule has 0 saturated heterocycles. The molecule has 1 N–H and O–H groups in total. The van der Waals surface area contributed by atoms with Crippen LogP contribution in [0.15, 0.2) is 48.5 Å². The molecule has 0 unspecified atom stereocenters. The summed E-state index contributed by atoms with van der Waals surface area (Å²) in [5.74, 6) is 2.18. The van der Waals surface area contributed by atoms with Gasteiger partial charge in [0.1, 0.15) is 18.2 Å². The molecule has 0 atom stereocenters. The first-order valence-corrected chi connectivity index (χ1v) is 11.6. The smallest absolute Gasteiger partial charge is 0.219 e. The SMILES string of the molecule is CCCC(=O)NCCCCCc1nc2ccccc2n1CCOc1ccc(CC)cc1. The highest BCUT2D eigenvalue weighted by Gasteiger charge is 2.10. The Balaban J connectivity index is 1.52. The number of carbonyl (C=O) groups excluding carboxylic acids is 1. The van der Waals surface area contributed by atoms with Crippen LogP contribution in [0.25, 0.3) is 11.0 Å². The van der Waals surface area contributed by atoms with Gasteiger partial charge < -0.3 is 14.6 Å². The number of unbranched alkanes of at least 4 members (excludes halogenated alkanes) is 2. The van der Waals surface area contributed by atoms with E-state index < -0.39 is 0 Å². The van der Waals surface area contributed by atoms with E-state index in [0.717, 1.165) is 74.2 Å². The minimum atomic E-state index is 0.161. The molecule has 0 bridgehead atoms. The number of aryl methyl sites for hydroxylation is 2. The van der Waals surface area contributed by atoms with Crippen molar-refractivity contribution < 1.29 is 9.53 Å². The molecule has 1 aromatic heterocycles. The number of imidazole rings is 1. The van der Waals surface area contributed by atoms with Gasteiger partial charge in [0.05, 0.1) is 17.6 Å². The Bertz CT molecular complexity index is 947. The third-order valence-electron chi connectivity index (χ3n) is 5.53. The Morgan fingerprint density at radius 1 is 1.03 bits per heavy atom. The van der Waals surface area contributed by atoms with Crippen LogP contribution < -0.4 is 10.1 Å². The topological polar surface area (TPSA) is 56.2 Å². The van der Waals surface area contributed by atoms with Gasteiger partial charge in [-0.05, 0) is 55.5 Å². The van der Waals surface area contributed by atoms with Gasteiger partial charge in [-0.25, -0.2) is 4.98 Å². The number of benzene rings is 2. The molecule has 0 aliphatic heterocycles. The van der Waals surface area contributed by atoms with Crippen LogP contribution in [-0.2, 0) is 24.2 Å². The van der Waals surface area contributed by atoms with Crippen molar-refractivity contribution in [3.05, 3.63) is 59.9 Å². The molecule has 1 amide bonds. The maximum atomic E-state index is 11.5. The van der Waals surface area contributed by atoms with E-state index in [1.165, 1.54) is 5.56 Å². The zero-order chi connectivity index (χ0) is 21.9. The summed E-state index contributed by atoms with van der Waals surface area (Å²) in [6, 6.07) is 16.6. The van der Waals surface area contributed by atoms with Gasteiger partial charge in [-0.3, -0.25) is 4.79 Å². The number of carbonyl (C=O) groups is 1. The Morgan fingerprint density at radius 2 is 1.84 bits per heavy atom. The fourth-order valence-corrected chi connectivity index (χ4v) is 3.77. The van der Waals surface area contributed by atoms with E-state index in [0.29, 0.717) is 13.0 Å². The average molecular weight is 422 g/mol. The lowest BCUT2D eigenvalue weighted by atomic mass is 10.2. The van der Waals surface area contributed by atoms with Gasteiger partial charge >= 0.3 is 0 Å². The van der Waals surface area contributed by atoms with Crippen LogP contribution in [0.1, 0.15) is 57.3 Å². The molecule has 31 heavy (non-hydrogen) atoms. The van der Waals surface area contributed by atoms with Crippen molar-refractivity contribution in [2.45, 2.75) is 65.3 Å². The summed E-state index contributed by atoms with van der Waals surface area (Å²) in [5, 5.41) is 2.99. The van der Waals surface area contributed by atoms with Gasteiger partial charge in [-0.1, -0.05) is 44.5 Å². The van der Waals surface area contributed by atoms with Gasteiger partial charge in [0, 0.05) is 19.4 Å². The second kappa shape index (κ2) is 12.1. The van der Waals surface area contributed by atoms with E-state index in [2.05, 4.69) is 47.1 Å². The van der Waals surface area contributed by atoms with Crippen molar-refractivity contribution in [1.82, 2.24) is 14.9 Å². The number of hydrogen-bond donors (Lipinski definition) is 1. The van der Waals surface area contributed by atoms with Crippen LogP contribution in [-0.4, -0.2) is 28.6 Å². The summed E-state index contributed by atoms with van der Waals surface area (Å²) in [7, 11) is 0. The Hall–Kier alpha value is -2.82. The summed E-state index contributed by atoms with van der Waals surface area (Å²) in [6.07, 6.45) is 6.64. The largest absolute Gasteiger partial charge is 0.492 e. The number of para-hydroxylation sites is 2. The van der Waals surface area contributed by atoms with E-state index in [-0.39, 0.29) is 5.91 Å². The molecule has 5 nitrogen and oxygen atoms in total. The first-order valence-electron chi connectivity index (χ1n) is 11.6. The molecule has 0 radical (unpaired) electrons. The van der Waals surface area contributed by atoms with Gasteiger partial charge in [-0.2, -0.15) is 0 Å². The third kappa shape index (κ3) is 6.84. The Morgan fingerprint density at radius 3 is 2.61 bits per heavy atom. The summed E-state index contributed by atoms with van der Waals surface area (Å²) in [4.78, 5) is 16.4. The number of nitrogens with zero attached hydrogens (tertiary/aromatic N) is 2. The van der Waals surface area contributed by atoms with Crippen molar-refractivity contribution in [3.8, 4) is 5.75 Å². The molecule has 0 aliphatic rings. The van der Waals surface area contributed by atoms with Crippen LogP contribution in [0.5, 0.6) is 5.75 Å². The minimum absolute atomic E-state index is 0.161. The van der Waals surface area contributed by atoms with E-state index in [9.17, 15) is 4.79 Å². The van der Waals surface area contributed by atoms with E-state index in [1.54, 1.807) is 0 Å². The lowest BCUT2D eigenvalue weighted by molar-refractivity contribution is -0.121. The Labute approximate surface area is 185 Å². The summed E-state index contributed by atoms with van der Waals surface area (Å²) in [6.45, 7) is 6.34. The molecule has 166 valence electrons. The molecule has 3 rings (SSSR count). The molecule has 3 aromatic rings. The van der Waals surface area contributed by atoms with Gasteiger partial charge in [0.25, 0.3) is 0 Å². The van der Waals surface area contributed by atoms with Gasteiger partial charge in [0.15, 0.2) is 0 Å². The normalized spacial score (nSPS) is 11.0. The van der Waals surface area contributed by atoms with Crippen LogP contribution in [0.4, 0.5) is 0 Å². The van der Waals surface area contributed by atoms with Crippen LogP contribution in [0, 0.1) is 0 Å². The fourth-order valence-electron chi connectivity index (χ4n) is 3.77. The highest BCUT2D eigenvalue weighted by Crippen LogP contribution is 2.19. The van der Waals surface area contributed by atoms with E-state index >= 15 is 0 Å². The molecule has 0 spiro atoms. The lowest BCUT2D eigenvalue weighted by Gasteiger charge is -2.11. The third-order valence-corrected chi connectivity index (χ3v) is 5.53. The fraction of sp³-hybridized carbons (Fsp3) is 0.462. The zero-order valence-corrected chi connectivity index (χ0v) is 18.9. The first-order chi connectivity index (χ1) is 15.2. The van der Waals surface area contributed by atoms with Crippen molar-refractivity contribution in [1.29, 1.82) is 0 Å². The molecule has 2 aromatic carbocycles. The van der Waals surface area contributed by atoms with Crippen LogP contribution in [0.2, 0.25) is 0 Å². The summed E-state index contributed by atoms with van der Waals surface area (Å²) >= 11 is 0. The second-order valence-electron chi connectivity index (χ2n) is 7.92. The van der Waals surface area contributed by atoms with Crippen LogP contribution in [0.3, 0.4) is 0 Å². The lowest BCUT2D eigenvalue weighted by Crippen LogP contribution is -2.23. The molecule has 5 heteroatoms. The number of nitrogens with one attached hydrogen (secondary N) is 1. The molecular formula is C26H35N3O2. The van der Waals surface area contributed by atoms with E-state index in [1.807, 2.05) is 25.1 Å². The summed E-state index contributed by atoms with van der Waals surface area (Å²) < 4.78 is 8.28. The standard InChI is InChI=1S/C26H35N3O2/c1-3-10-26(30)27-18-9-5-6-13-25-28-23-11-7-8-12-24(23)29(25)19-20-31-22-16-14-21(4-2)15-17-22/h7-8,11-12,14-17H,3-6,9-10,13,18-20H2,1-2H3,(H,27,30). The number of ether oxygens (including phenoxy) is 1. The number of hydrogen-bond acceptors (Lipinski definition) is 3. The minimum Gasteiger partial charge on any atom is -0.492 e. The zero-order valence-electron chi connectivity index (χ0n) is 18.9. The number of amides is 1. The number of rotatable bonds is 13. The molecule has 0 fully saturated rings. The predicted octanol–water partition coefficient (Wildman–Crippen LogP) is 5.31.